The maximum Gasteiger partial charge on any atom is 0.472 e. The first-order valence-corrected chi connectivity index (χ1v) is 41.0. The van der Waals surface area contributed by atoms with Gasteiger partial charge in [0.1, 0.15) is 19.3 Å². The molecule has 6 atom stereocenters. The van der Waals surface area contributed by atoms with Crippen molar-refractivity contribution in [2.75, 3.05) is 39.6 Å². The van der Waals surface area contributed by atoms with Gasteiger partial charge in [0.25, 0.3) is 0 Å². The third-order valence-corrected chi connectivity index (χ3v) is 19.2. The van der Waals surface area contributed by atoms with Crippen molar-refractivity contribution in [3.05, 3.63) is 0 Å². The van der Waals surface area contributed by atoms with Crippen LogP contribution in [0.4, 0.5) is 0 Å². The molecule has 92 heavy (non-hydrogen) atoms. The summed E-state index contributed by atoms with van der Waals surface area (Å²) in [6.45, 7) is 9.51. The Morgan fingerprint density at radius 3 is 0.826 bits per heavy atom. The molecule has 0 radical (unpaired) electrons. The molecule has 0 saturated heterocycles. The summed E-state index contributed by atoms with van der Waals surface area (Å²) < 4.78 is 68.3. The monoisotopic (exact) mass is 1350 g/mol. The molecule has 0 aromatic heterocycles. The Bertz CT molecular complexity index is 1790. The van der Waals surface area contributed by atoms with Crippen LogP contribution >= 0.6 is 15.6 Å². The lowest BCUT2D eigenvalue weighted by atomic mass is 10.00. The van der Waals surface area contributed by atoms with E-state index in [1.165, 1.54) is 193 Å². The van der Waals surface area contributed by atoms with Crippen molar-refractivity contribution in [1.82, 2.24) is 0 Å². The number of phosphoric ester groups is 2. The third kappa shape index (κ3) is 65.4. The van der Waals surface area contributed by atoms with E-state index < -0.39 is 97.5 Å². The lowest BCUT2D eigenvalue weighted by Crippen LogP contribution is -2.30. The van der Waals surface area contributed by atoms with Crippen LogP contribution in [-0.4, -0.2) is 96.7 Å². The summed E-state index contributed by atoms with van der Waals surface area (Å²) >= 11 is 0. The van der Waals surface area contributed by atoms with Crippen molar-refractivity contribution < 1.29 is 80.2 Å². The zero-order valence-corrected chi connectivity index (χ0v) is 61.6. The number of ether oxygens (including phenoxy) is 4. The first kappa shape index (κ1) is 90.1. The van der Waals surface area contributed by atoms with Crippen molar-refractivity contribution >= 4 is 39.5 Å². The number of aliphatic hydroxyl groups excluding tert-OH is 1. The van der Waals surface area contributed by atoms with E-state index in [-0.39, 0.29) is 25.7 Å². The fourth-order valence-corrected chi connectivity index (χ4v) is 12.7. The number of phosphoric acid groups is 2. The van der Waals surface area contributed by atoms with E-state index in [9.17, 15) is 43.2 Å². The number of aliphatic hydroxyl groups is 1. The smallest absolute Gasteiger partial charge is 0.462 e. The Morgan fingerprint density at radius 2 is 0.554 bits per heavy atom. The van der Waals surface area contributed by atoms with Crippen molar-refractivity contribution in [3.8, 4) is 0 Å². The number of esters is 4. The minimum atomic E-state index is -4.95. The predicted molar refractivity (Wildman–Crippen MR) is 372 cm³/mol. The van der Waals surface area contributed by atoms with Gasteiger partial charge in [-0.25, -0.2) is 9.13 Å². The summed E-state index contributed by atoms with van der Waals surface area (Å²) in [6.07, 6.45) is 51.5. The van der Waals surface area contributed by atoms with E-state index in [2.05, 4.69) is 41.5 Å². The van der Waals surface area contributed by atoms with Gasteiger partial charge in [-0.15, -0.1) is 0 Å². The van der Waals surface area contributed by atoms with E-state index in [1.807, 2.05) is 0 Å². The molecule has 19 heteroatoms. The Kier molecular flexibility index (Phi) is 63.7. The highest BCUT2D eigenvalue weighted by molar-refractivity contribution is 7.47. The van der Waals surface area contributed by atoms with Crippen molar-refractivity contribution in [2.24, 2.45) is 11.8 Å². The van der Waals surface area contributed by atoms with Crippen molar-refractivity contribution in [1.29, 1.82) is 0 Å². The highest BCUT2D eigenvalue weighted by Crippen LogP contribution is 2.45. The topological polar surface area (TPSA) is 237 Å². The summed E-state index contributed by atoms with van der Waals surface area (Å²) in [6, 6.07) is 0. The van der Waals surface area contributed by atoms with E-state index in [4.69, 9.17) is 37.0 Å². The molecule has 0 fully saturated rings. The normalized spacial score (nSPS) is 14.4. The number of rotatable bonds is 72. The molecule has 0 aromatic rings. The molecule has 0 aliphatic rings. The van der Waals surface area contributed by atoms with Crippen molar-refractivity contribution in [3.63, 3.8) is 0 Å². The molecule has 0 bridgehead atoms. The highest BCUT2D eigenvalue weighted by atomic mass is 31.2. The van der Waals surface area contributed by atoms with Gasteiger partial charge >= 0.3 is 39.5 Å². The second kappa shape index (κ2) is 65.0. The summed E-state index contributed by atoms with van der Waals surface area (Å²) in [5, 5.41) is 10.6. The van der Waals surface area contributed by atoms with Crippen LogP contribution in [0.25, 0.3) is 0 Å². The summed E-state index contributed by atoms with van der Waals surface area (Å²) in [5.74, 6) is -0.633. The minimum Gasteiger partial charge on any atom is -0.462 e. The first-order chi connectivity index (χ1) is 44.4. The maximum atomic E-state index is 13.1. The van der Waals surface area contributed by atoms with Gasteiger partial charge in [-0.05, 0) is 37.5 Å². The lowest BCUT2D eigenvalue weighted by molar-refractivity contribution is -0.161. The first-order valence-electron chi connectivity index (χ1n) is 38.0. The van der Waals surface area contributed by atoms with Gasteiger partial charge in [0.05, 0.1) is 26.4 Å². The Labute approximate surface area is 562 Å². The van der Waals surface area contributed by atoms with Crippen LogP contribution in [0.2, 0.25) is 0 Å². The third-order valence-electron chi connectivity index (χ3n) is 17.3. The zero-order chi connectivity index (χ0) is 67.9. The molecule has 0 spiro atoms. The van der Waals surface area contributed by atoms with Gasteiger partial charge in [0, 0.05) is 25.7 Å². The number of carbonyl (C=O) groups excluding carboxylic acids is 4. The number of carbonyl (C=O) groups is 4. The van der Waals surface area contributed by atoms with Crippen LogP contribution < -0.4 is 0 Å². The average Bonchev–Trinajstić information content (AvgIpc) is 3.70. The van der Waals surface area contributed by atoms with Crippen molar-refractivity contribution in [2.45, 2.75) is 394 Å². The van der Waals surface area contributed by atoms with Crippen LogP contribution in [0.1, 0.15) is 375 Å². The van der Waals surface area contributed by atoms with E-state index in [0.717, 1.165) is 102 Å². The van der Waals surface area contributed by atoms with Crippen LogP contribution in [0.3, 0.4) is 0 Å². The molecule has 0 aliphatic carbocycles. The van der Waals surface area contributed by atoms with Gasteiger partial charge < -0.3 is 33.8 Å². The molecule has 0 aromatic carbocycles. The zero-order valence-electron chi connectivity index (χ0n) is 59.9. The fraction of sp³-hybridized carbons (Fsp3) is 0.945. The molecule has 17 nitrogen and oxygen atoms in total. The summed E-state index contributed by atoms with van der Waals surface area (Å²) in [5.41, 5.74) is 0. The molecule has 0 aliphatic heterocycles. The second-order valence-electron chi connectivity index (χ2n) is 27.1. The number of unbranched alkanes of at least 4 members (excludes halogenated alkanes) is 41. The van der Waals surface area contributed by atoms with Gasteiger partial charge in [-0.1, -0.05) is 324 Å². The van der Waals surface area contributed by atoms with Crippen LogP contribution in [0.15, 0.2) is 0 Å². The standard InChI is InChI=1S/C73H142O17P2/c1-7-10-12-14-16-18-19-20-21-22-23-24-25-26-29-34-38-45-51-57-72(77)89-68(61-84-71(76)56-50-44-37-33-30-27-28-32-35-41-47-53-65(4)5)63-87-91(79,80)85-59-67(74)60-86-92(81,82)88-64-69(62-83-70(75)55-49-43-36-31-17-15-13-11-8-2)90-73(78)58-52-46-40-39-42-48-54-66(6)9-3/h65-69,74H,7-64H2,1-6H3,(H,79,80)(H,81,82)/t66?,67-,68-,69-/m1/s1. The van der Waals surface area contributed by atoms with Gasteiger partial charge in [-0.2, -0.15) is 0 Å². The van der Waals surface area contributed by atoms with E-state index in [0.29, 0.717) is 25.7 Å². The summed E-state index contributed by atoms with van der Waals surface area (Å²) in [4.78, 5) is 72.6. The molecule has 0 rings (SSSR count). The Balaban J connectivity index is 5.21. The lowest BCUT2D eigenvalue weighted by Gasteiger charge is -2.21. The fourth-order valence-electron chi connectivity index (χ4n) is 11.1. The predicted octanol–water partition coefficient (Wildman–Crippen LogP) is 21.2. The molecule has 0 saturated carbocycles. The van der Waals surface area contributed by atoms with Crippen LogP contribution in [0.5, 0.6) is 0 Å². The van der Waals surface area contributed by atoms with E-state index in [1.54, 1.807) is 0 Å². The summed E-state index contributed by atoms with van der Waals surface area (Å²) in [7, 11) is -9.90. The molecular formula is C73H142O17P2. The minimum absolute atomic E-state index is 0.103. The molecule has 546 valence electrons. The molecule has 3 unspecified atom stereocenters. The molecular weight excluding hydrogens is 1210 g/mol. The Morgan fingerprint density at radius 1 is 0.315 bits per heavy atom. The second-order valence-corrected chi connectivity index (χ2v) is 30.0. The van der Waals surface area contributed by atoms with Gasteiger partial charge in [-0.3, -0.25) is 37.3 Å². The average molecular weight is 1350 g/mol. The highest BCUT2D eigenvalue weighted by Gasteiger charge is 2.30. The van der Waals surface area contributed by atoms with Crippen LogP contribution in [-0.2, 0) is 65.4 Å². The SMILES string of the molecule is CCCCCCCCCCCCCCCCCCCCCC(=O)O[C@H](COC(=O)CCCCCCCCCCCCCC(C)C)COP(=O)(O)OC[C@@H](O)COP(=O)(O)OC[C@@H](COC(=O)CCCCCCCCCCC)OC(=O)CCCCCCCCC(C)CC. The van der Waals surface area contributed by atoms with Gasteiger partial charge in [0.15, 0.2) is 12.2 Å². The number of hydrogen-bond donors (Lipinski definition) is 3. The molecule has 0 amide bonds. The Hall–Kier alpha value is -1.94. The number of hydrogen-bond acceptors (Lipinski definition) is 15. The maximum absolute atomic E-state index is 13.1. The van der Waals surface area contributed by atoms with E-state index >= 15 is 0 Å². The largest absolute Gasteiger partial charge is 0.472 e. The quantitative estimate of drug-likeness (QED) is 0.0222. The molecule has 0 heterocycles. The van der Waals surface area contributed by atoms with Crippen LogP contribution in [0, 0.1) is 11.8 Å². The molecule has 3 N–H and O–H groups in total. The van der Waals surface area contributed by atoms with Gasteiger partial charge in [0.2, 0.25) is 0 Å².